The van der Waals surface area contributed by atoms with Crippen LogP contribution < -0.4 is 5.32 Å². The van der Waals surface area contributed by atoms with Crippen LogP contribution in [0, 0.1) is 6.92 Å². The molecule has 3 rings (SSSR count). The molecular weight excluding hydrogens is 336 g/mol. The third kappa shape index (κ3) is 3.71. The molecule has 1 aromatic heterocycles. The number of thioether (sulfide) groups is 1. The summed E-state index contributed by atoms with van der Waals surface area (Å²) in [6.07, 6.45) is 1.49. The number of nitrogens with one attached hydrogen (secondary N) is 1. The molecule has 0 spiro atoms. The first-order valence-corrected chi connectivity index (χ1v) is 9.46. The van der Waals surface area contributed by atoms with Crippen molar-refractivity contribution in [1.82, 2.24) is 14.8 Å². The third-order valence-electron chi connectivity index (χ3n) is 4.07. The summed E-state index contributed by atoms with van der Waals surface area (Å²) in [5.41, 5.74) is 3.47. The van der Waals surface area contributed by atoms with Crippen LogP contribution >= 0.6 is 11.8 Å². The molecule has 132 valence electrons. The summed E-state index contributed by atoms with van der Waals surface area (Å²) in [6, 6.07) is 7.76. The minimum atomic E-state index is -0.342. The van der Waals surface area contributed by atoms with Crippen molar-refractivity contribution in [3.05, 3.63) is 53.0 Å². The largest absolute Gasteiger partial charge is 0.461 e. The lowest BCUT2D eigenvalue weighted by Crippen LogP contribution is -2.30. The molecule has 2 heterocycles. The normalized spacial score (nSPS) is 16.4. The van der Waals surface area contributed by atoms with Gasteiger partial charge in [-0.15, -0.1) is 0 Å². The first-order chi connectivity index (χ1) is 12.1. The Balaban J connectivity index is 1.92. The molecule has 0 aliphatic carbocycles. The summed E-state index contributed by atoms with van der Waals surface area (Å²) in [6.45, 7) is 6.40. The quantitative estimate of drug-likeness (QED) is 0.632. The van der Waals surface area contributed by atoms with E-state index in [1.165, 1.54) is 6.33 Å². The average molecular weight is 358 g/mol. The van der Waals surface area contributed by atoms with Crippen molar-refractivity contribution in [3.63, 3.8) is 0 Å². The van der Waals surface area contributed by atoms with E-state index in [9.17, 15) is 4.79 Å². The Bertz CT molecular complexity index is 783. The van der Waals surface area contributed by atoms with Crippen molar-refractivity contribution in [3.8, 4) is 0 Å². The van der Waals surface area contributed by atoms with Crippen LogP contribution in [0.3, 0.4) is 0 Å². The molecule has 1 atom stereocenters. The second-order valence-corrected chi connectivity index (χ2v) is 7.23. The fraction of sp³-hybridized carbons (Fsp3) is 0.389. The molecule has 1 aliphatic heterocycles. The predicted octanol–water partition coefficient (Wildman–Crippen LogP) is 3.17. The highest BCUT2D eigenvalue weighted by molar-refractivity contribution is 7.99. The van der Waals surface area contributed by atoms with Crippen LogP contribution in [0.2, 0.25) is 0 Å². The number of benzene rings is 1. The van der Waals surface area contributed by atoms with Gasteiger partial charge in [-0.1, -0.05) is 36.8 Å². The molecule has 2 aromatic rings. The number of anilines is 1. The molecule has 6 nitrogen and oxygen atoms in total. The van der Waals surface area contributed by atoms with Gasteiger partial charge in [0.15, 0.2) is 0 Å². The molecule has 0 bridgehead atoms. The Morgan fingerprint density at radius 3 is 2.80 bits per heavy atom. The number of carbonyl (C=O) groups excluding carboxylic acids is 1. The van der Waals surface area contributed by atoms with E-state index in [4.69, 9.17) is 4.74 Å². The SMILES string of the molecule is CCSCCOC(=O)C1=C(C)Nc2ncnn2C1c1ccc(C)cc1. The first kappa shape index (κ1) is 17.5. The number of hydrogen-bond donors (Lipinski definition) is 1. The highest BCUT2D eigenvalue weighted by Crippen LogP contribution is 2.35. The lowest BCUT2D eigenvalue weighted by molar-refractivity contribution is -0.138. The van der Waals surface area contributed by atoms with Crippen molar-refractivity contribution < 1.29 is 9.53 Å². The van der Waals surface area contributed by atoms with Gasteiger partial charge in [0.05, 0.1) is 5.57 Å². The second kappa shape index (κ2) is 7.74. The Kier molecular flexibility index (Phi) is 5.43. The second-order valence-electron chi connectivity index (χ2n) is 5.84. The summed E-state index contributed by atoms with van der Waals surface area (Å²) >= 11 is 1.75. The lowest BCUT2D eigenvalue weighted by atomic mass is 9.95. The number of allylic oxidation sites excluding steroid dienone is 1. The Morgan fingerprint density at radius 1 is 1.32 bits per heavy atom. The van der Waals surface area contributed by atoms with E-state index in [0.717, 1.165) is 28.3 Å². The number of carbonyl (C=O) groups is 1. The molecule has 1 N–H and O–H groups in total. The van der Waals surface area contributed by atoms with Gasteiger partial charge >= 0.3 is 5.97 Å². The summed E-state index contributed by atoms with van der Waals surface area (Å²) in [7, 11) is 0. The number of rotatable bonds is 6. The van der Waals surface area contributed by atoms with E-state index in [2.05, 4.69) is 22.3 Å². The van der Waals surface area contributed by atoms with Gasteiger partial charge in [-0.3, -0.25) is 0 Å². The van der Waals surface area contributed by atoms with Gasteiger partial charge in [0.25, 0.3) is 0 Å². The van der Waals surface area contributed by atoms with E-state index >= 15 is 0 Å². The van der Waals surface area contributed by atoms with Crippen LogP contribution in [-0.4, -0.2) is 38.8 Å². The minimum Gasteiger partial charge on any atom is -0.461 e. The summed E-state index contributed by atoms with van der Waals surface area (Å²) in [4.78, 5) is 17.0. The number of fused-ring (bicyclic) bond motifs is 1. The van der Waals surface area contributed by atoms with Crippen molar-refractivity contribution in [2.75, 3.05) is 23.4 Å². The zero-order valence-electron chi connectivity index (χ0n) is 14.7. The van der Waals surface area contributed by atoms with Gasteiger partial charge in [-0.2, -0.15) is 21.8 Å². The maximum Gasteiger partial charge on any atom is 0.338 e. The lowest BCUT2D eigenvalue weighted by Gasteiger charge is -2.28. The summed E-state index contributed by atoms with van der Waals surface area (Å²) in [5, 5.41) is 7.46. The molecule has 0 radical (unpaired) electrons. The van der Waals surface area contributed by atoms with Crippen LogP contribution in [-0.2, 0) is 9.53 Å². The monoisotopic (exact) mass is 358 g/mol. The highest BCUT2D eigenvalue weighted by Gasteiger charge is 2.34. The molecule has 1 aromatic carbocycles. The maximum absolute atomic E-state index is 12.8. The third-order valence-corrected chi connectivity index (χ3v) is 4.94. The molecule has 0 amide bonds. The van der Waals surface area contributed by atoms with E-state index in [1.54, 1.807) is 16.4 Å². The molecule has 0 saturated heterocycles. The van der Waals surface area contributed by atoms with Crippen molar-refractivity contribution in [2.45, 2.75) is 26.8 Å². The zero-order valence-corrected chi connectivity index (χ0v) is 15.5. The van der Waals surface area contributed by atoms with Gasteiger partial charge in [-0.25, -0.2) is 9.48 Å². The van der Waals surface area contributed by atoms with E-state index in [0.29, 0.717) is 18.1 Å². The van der Waals surface area contributed by atoms with Gasteiger partial charge in [-0.05, 0) is 25.2 Å². The molecule has 0 fully saturated rings. The maximum atomic E-state index is 12.8. The summed E-state index contributed by atoms with van der Waals surface area (Å²) < 4.78 is 7.23. The molecule has 0 saturated carbocycles. The molecule has 7 heteroatoms. The van der Waals surface area contributed by atoms with Crippen LogP contribution in [0.4, 0.5) is 5.95 Å². The van der Waals surface area contributed by atoms with E-state index in [-0.39, 0.29) is 12.0 Å². The Labute approximate surface area is 151 Å². The predicted molar refractivity (Wildman–Crippen MR) is 99.6 cm³/mol. The van der Waals surface area contributed by atoms with Crippen molar-refractivity contribution >= 4 is 23.7 Å². The fourth-order valence-corrected chi connectivity index (χ4v) is 3.32. The number of ether oxygens (including phenoxy) is 1. The number of nitrogens with zero attached hydrogens (tertiary/aromatic N) is 3. The molecule has 25 heavy (non-hydrogen) atoms. The Hall–Kier alpha value is -2.28. The number of esters is 1. The van der Waals surface area contributed by atoms with Gasteiger partial charge in [0.2, 0.25) is 5.95 Å². The van der Waals surface area contributed by atoms with Gasteiger partial charge < -0.3 is 10.1 Å². The standard InChI is InChI=1S/C18H22N4O2S/c1-4-25-10-9-24-17(23)15-13(3)21-18-19-11-20-22(18)16(15)14-7-5-12(2)6-8-14/h5-8,11,16H,4,9-10H2,1-3H3,(H,19,20,21). The summed E-state index contributed by atoms with van der Waals surface area (Å²) in [5.74, 6) is 2.12. The molecule has 1 aliphatic rings. The number of hydrogen-bond acceptors (Lipinski definition) is 6. The van der Waals surface area contributed by atoms with Gasteiger partial charge in [0, 0.05) is 11.4 Å². The van der Waals surface area contributed by atoms with Crippen LogP contribution in [0.1, 0.15) is 31.0 Å². The van der Waals surface area contributed by atoms with Gasteiger partial charge in [0.1, 0.15) is 19.0 Å². The zero-order chi connectivity index (χ0) is 17.8. The molecular formula is C18H22N4O2S. The van der Waals surface area contributed by atoms with Crippen molar-refractivity contribution in [2.24, 2.45) is 0 Å². The van der Waals surface area contributed by atoms with E-state index < -0.39 is 0 Å². The van der Waals surface area contributed by atoms with Crippen LogP contribution in [0.25, 0.3) is 0 Å². The van der Waals surface area contributed by atoms with Crippen LogP contribution in [0.5, 0.6) is 0 Å². The average Bonchev–Trinajstić information content (AvgIpc) is 3.06. The smallest absolute Gasteiger partial charge is 0.338 e. The topological polar surface area (TPSA) is 69.0 Å². The Morgan fingerprint density at radius 2 is 2.08 bits per heavy atom. The van der Waals surface area contributed by atoms with E-state index in [1.807, 2.05) is 38.1 Å². The highest BCUT2D eigenvalue weighted by atomic mass is 32.2. The fourth-order valence-electron chi connectivity index (χ4n) is 2.83. The number of aryl methyl sites for hydroxylation is 1. The minimum absolute atomic E-state index is 0.312. The number of aromatic nitrogens is 3. The van der Waals surface area contributed by atoms with Crippen LogP contribution in [0.15, 0.2) is 41.9 Å². The van der Waals surface area contributed by atoms with Crippen molar-refractivity contribution in [1.29, 1.82) is 0 Å². The first-order valence-electron chi connectivity index (χ1n) is 8.30. The molecule has 1 unspecified atom stereocenters.